The summed E-state index contributed by atoms with van der Waals surface area (Å²) in [7, 11) is 0. The number of benzene rings is 1. The number of carbonyl (C=O) groups excluding carboxylic acids is 1. The number of halogens is 2. The molecule has 23 heavy (non-hydrogen) atoms. The van der Waals surface area contributed by atoms with E-state index in [2.05, 4.69) is 5.32 Å². The highest BCUT2D eigenvalue weighted by molar-refractivity contribution is 5.68. The lowest BCUT2D eigenvalue weighted by atomic mass is 10.1. The number of rotatable bonds is 6. The summed E-state index contributed by atoms with van der Waals surface area (Å²) in [6.45, 7) is 9.45. The first-order chi connectivity index (χ1) is 10.6. The molecule has 4 nitrogen and oxygen atoms in total. The first-order valence-corrected chi connectivity index (χ1v) is 7.74. The standard InChI is InChI=1S/C17H26F2N2O2/c1-6-21(16(22)23-17(3,4)5)11-13-9-7-8-10-14(13)20-12(2)15(18)19/h7-10,12,15,20H,6,11H2,1-5H3. The molecule has 0 bridgehead atoms. The van der Waals surface area contributed by atoms with Crippen molar-refractivity contribution in [2.45, 2.75) is 59.2 Å². The largest absolute Gasteiger partial charge is 0.444 e. The van der Waals surface area contributed by atoms with Gasteiger partial charge in [0.1, 0.15) is 5.60 Å². The molecule has 0 heterocycles. The van der Waals surface area contributed by atoms with Crippen molar-refractivity contribution in [1.82, 2.24) is 4.90 Å². The molecule has 1 unspecified atom stereocenters. The predicted octanol–water partition coefficient (Wildman–Crippen LogP) is 4.51. The third kappa shape index (κ3) is 6.42. The predicted molar refractivity (Wildman–Crippen MR) is 87.8 cm³/mol. The lowest BCUT2D eigenvalue weighted by Gasteiger charge is -2.27. The second kappa shape index (κ2) is 8.13. The number of alkyl halides is 2. The van der Waals surface area contributed by atoms with Crippen LogP contribution in [0.4, 0.5) is 19.3 Å². The van der Waals surface area contributed by atoms with E-state index in [1.165, 1.54) is 6.92 Å². The Morgan fingerprint density at radius 1 is 1.30 bits per heavy atom. The lowest BCUT2D eigenvalue weighted by Crippen LogP contribution is -2.36. The highest BCUT2D eigenvalue weighted by Gasteiger charge is 2.22. The van der Waals surface area contributed by atoms with Gasteiger partial charge in [0.15, 0.2) is 0 Å². The summed E-state index contributed by atoms with van der Waals surface area (Å²) < 4.78 is 30.9. The van der Waals surface area contributed by atoms with Crippen molar-refractivity contribution >= 4 is 11.8 Å². The van der Waals surface area contributed by atoms with E-state index >= 15 is 0 Å². The molecular formula is C17H26F2N2O2. The van der Waals surface area contributed by atoms with Gasteiger partial charge in [0.05, 0.1) is 12.6 Å². The Bertz CT molecular complexity index is 516. The van der Waals surface area contributed by atoms with E-state index in [9.17, 15) is 13.6 Å². The molecule has 0 saturated carbocycles. The van der Waals surface area contributed by atoms with E-state index in [1.54, 1.807) is 37.8 Å². The van der Waals surface area contributed by atoms with Gasteiger partial charge in [-0.3, -0.25) is 0 Å². The highest BCUT2D eigenvalue weighted by atomic mass is 19.3. The summed E-state index contributed by atoms with van der Waals surface area (Å²) in [5, 5.41) is 2.80. The number of anilines is 1. The molecule has 6 heteroatoms. The number of nitrogens with zero attached hydrogens (tertiary/aromatic N) is 1. The molecule has 0 aliphatic rings. The Balaban J connectivity index is 2.87. The average molecular weight is 328 g/mol. The summed E-state index contributed by atoms with van der Waals surface area (Å²) >= 11 is 0. The van der Waals surface area contributed by atoms with E-state index in [0.29, 0.717) is 18.8 Å². The summed E-state index contributed by atoms with van der Waals surface area (Å²) in [6.07, 6.45) is -2.88. The fourth-order valence-electron chi connectivity index (χ4n) is 1.94. The van der Waals surface area contributed by atoms with Crippen LogP contribution in [0.3, 0.4) is 0 Å². The highest BCUT2D eigenvalue weighted by Crippen LogP contribution is 2.21. The Kier molecular flexibility index (Phi) is 6.79. The Morgan fingerprint density at radius 2 is 1.91 bits per heavy atom. The van der Waals surface area contributed by atoms with Crippen LogP contribution in [0.5, 0.6) is 0 Å². The number of nitrogens with one attached hydrogen (secondary N) is 1. The molecule has 1 amide bonds. The van der Waals surface area contributed by atoms with Gasteiger partial charge >= 0.3 is 6.09 Å². The van der Waals surface area contributed by atoms with Crippen molar-refractivity contribution in [3.63, 3.8) is 0 Å². The lowest BCUT2D eigenvalue weighted by molar-refractivity contribution is 0.0244. The topological polar surface area (TPSA) is 41.6 Å². The molecule has 1 N–H and O–H groups in total. The minimum atomic E-state index is -2.46. The fourth-order valence-corrected chi connectivity index (χ4v) is 1.94. The second-order valence-corrected chi connectivity index (χ2v) is 6.42. The summed E-state index contributed by atoms with van der Waals surface area (Å²) in [5.41, 5.74) is 0.793. The number of ether oxygens (including phenoxy) is 1. The van der Waals surface area contributed by atoms with Gasteiger partial charge in [-0.25, -0.2) is 13.6 Å². The number of hydrogen-bond donors (Lipinski definition) is 1. The maximum absolute atomic E-state index is 12.7. The molecule has 1 aromatic rings. The van der Waals surface area contributed by atoms with Crippen LogP contribution in [0, 0.1) is 0 Å². The van der Waals surface area contributed by atoms with Crippen LogP contribution in [0.15, 0.2) is 24.3 Å². The van der Waals surface area contributed by atoms with Crippen LogP contribution >= 0.6 is 0 Å². The quantitative estimate of drug-likeness (QED) is 0.835. The SMILES string of the molecule is CCN(Cc1ccccc1NC(C)C(F)F)C(=O)OC(C)(C)C. The van der Waals surface area contributed by atoms with Crippen LogP contribution in [-0.2, 0) is 11.3 Å². The zero-order chi connectivity index (χ0) is 17.6. The normalized spacial score (nSPS) is 12.9. The Labute approximate surface area is 136 Å². The number of amides is 1. The van der Waals surface area contributed by atoms with Crippen LogP contribution in [0.25, 0.3) is 0 Å². The van der Waals surface area contributed by atoms with Crippen LogP contribution < -0.4 is 5.32 Å². The van der Waals surface area contributed by atoms with Crippen molar-refractivity contribution in [2.75, 3.05) is 11.9 Å². The van der Waals surface area contributed by atoms with E-state index in [-0.39, 0.29) is 0 Å². The van der Waals surface area contributed by atoms with Gasteiger partial charge in [0.25, 0.3) is 6.43 Å². The number of hydrogen-bond acceptors (Lipinski definition) is 3. The monoisotopic (exact) mass is 328 g/mol. The zero-order valence-electron chi connectivity index (χ0n) is 14.4. The minimum absolute atomic E-state index is 0.296. The molecule has 0 spiro atoms. The molecule has 1 rings (SSSR count). The molecule has 0 aromatic heterocycles. The molecule has 0 saturated heterocycles. The van der Waals surface area contributed by atoms with Gasteiger partial charge in [0, 0.05) is 12.2 Å². The number of para-hydroxylation sites is 1. The molecule has 0 aliphatic heterocycles. The maximum Gasteiger partial charge on any atom is 0.410 e. The first-order valence-electron chi connectivity index (χ1n) is 7.74. The molecule has 0 radical (unpaired) electrons. The van der Waals surface area contributed by atoms with Gasteiger partial charge in [-0.1, -0.05) is 18.2 Å². The fraction of sp³-hybridized carbons (Fsp3) is 0.588. The Hall–Kier alpha value is -1.85. The van der Waals surface area contributed by atoms with Gasteiger partial charge in [-0.2, -0.15) is 0 Å². The molecule has 0 fully saturated rings. The molecule has 0 aliphatic carbocycles. The molecule has 1 aromatic carbocycles. The smallest absolute Gasteiger partial charge is 0.410 e. The summed E-state index contributed by atoms with van der Waals surface area (Å²) in [5.74, 6) is 0. The van der Waals surface area contributed by atoms with Gasteiger partial charge in [0.2, 0.25) is 0 Å². The van der Waals surface area contributed by atoms with Crippen molar-refractivity contribution in [2.24, 2.45) is 0 Å². The Morgan fingerprint density at radius 3 is 2.43 bits per heavy atom. The number of carbonyl (C=O) groups is 1. The average Bonchev–Trinajstić information content (AvgIpc) is 2.44. The molecular weight excluding hydrogens is 302 g/mol. The second-order valence-electron chi connectivity index (χ2n) is 6.42. The zero-order valence-corrected chi connectivity index (χ0v) is 14.4. The summed E-state index contributed by atoms with van der Waals surface area (Å²) in [4.78, 5) is 13.7. The van der Waals surface area contributed by atoms with Gasteiger partial charge < -0.3 is 15.0 Å². The van der Waals surface area contributed by atoms with Crippen LogP contribution in [0.1, 0.15) is 40.2 Å². The van der Waals surface area contributed by atoms with Gasteiger partial charge in [-0.15, -0.1) is 0 Å². The maximum atomic E-state index is 12.7. The van der Waals surface area contributed by atoms with E-state index in [0.717, 1.165) is 5.56 Å². The molecule has 1 atom stereocenters. The third-order valence-electron chi connectivity index (χ3n) is 3.17. The van der Waals surface area contributed by atoms with Crippen molar-refractivity contribution in [1.29, 1.82) is 0 Å². The van der Waals surface area contributed by atoms with Crippen molar-refractivity contribution in [3.05, 3.63) is 29.8 Å². The van der Waals surface area contributed by atoms with E-state index < -0.39 is 24.2 Å². The van der Waals surface area contributed by atoms with Crippen LogP contribution in [-0.4, -0.2) is 35.6 Å². The van der Waals surface area contributed by atoms with Gasteiger partial charge in [-0.05, 0) is 46.2 Å². The van der Waals surface area contributed by atoms with Crippen molar-refractivity contribution < 1.29 is 18.3 Å². The van der Waals surface area contributed by atoms with Crippen molar-refractivity contribution in [3.8, 4) is 0 Å². The first kappa shape index (κ1) is 19.2. The van der Waals surface area contributed by atoms with E-state index in [4.69, 9.17) is 4.74 Å². The van der Waals surface area contributed by atoms with Crippen LogP contribution in [0.2, 0.25) is 0 Å². The minimum Gasteiger partial charge on any atom is -0.444 e. The van der Waals surface area contributed by atoms with E-state index in [1.807, 2.05) is 19.1 Å². The third-order valence-corrected chi connectivity index (χ3v) is 3.17. The molecule has 130 valence electrons. The summed E-state index contributed by atoms with van der Waals surface area (Å²) in [6, 6.07) is 6.17.